The molecule has 2 aliphatic heterocycles. The third-order valence-corrected chi connectivity index (χ3v) is 10.8. The molecule has 2 aromatic carbocycles. The molecule has 1 aliphatic carbocycles. The highest BCUT2D eigenvalue weighted by molar-refractivity contribution is 7.89. The van der Waals surface area contributed by atoms with Crippen LogP contribution in [0.15, 0.2) is 46.4 Å². The average molecular weight is 725 g/mol. The number of sulfonamides is 1. The maximum atomic E-state index is 13.2. The zero-order valence-corrected chi connectivity index (χ0v) is 28.1. The van der Waals surface area contributed by atoms with Gasteiger partial charge in [-0.1, -0.05) is 16.7 Å². The summed E-state index contributed by atoms with van der Waals surface area (Å²) in [6.45, 7) is 3.34. The second-order valence-corrected chi connectivity index (χ2v) is 14.2. The fraction of sp³-hybridized carbons (Fsp3) is 0.548. The highest BCUT2D eigenvalue weighted by atomic mass is 35.5. The number of nitrogens with one attached hydrogen (secondary N) is 1. The molecule has 2 saturated heterocycles. The summed E-state index contributed by atoms with van der Waals surface area (Å²) < 4.78 is 80.2. The van der Waals surface area contributed by atoms with Crippen LogP contribution in [0.1, 0.15) is 35.6 Å². The highest BCUT2D eigenvalue weighted by Crippen LogP contribution is 2.41. The molecule has 1 N–H and O–H groups in total. The Morgan fingerprint density at radius 1 is 1.10 bits per heavy atom. The first-order valence-corrected chi connectivity index (χ1v) is 17.7. The molecule has 264 valence electrons. The minimum atomic E-state index is -4.95. The summed E-state index contributed by atoms with van der Waals surface area (Å²) in [4.78, 5) is 19.5. The topological polar surface area (TPSA) is 164 Å². The standard InChI is InChI=1S/C31H36ClF3N8O5S/c32-22-17-21(20-36)26-19-28(42-10-12-43(13-11-42)30(44)31(33,34)35)29(27(26)18-22)48-24-1-3-25(4-2-24)49(45,46)39-23-5-8-41(9-6-23)14-16-47-15-7-38-40-37/h1-4,17-18,23,28-29,39H,5-16,19H2/t28-,29-/m0/s1. The predicted octanol–water partition coefficient (Wildman–Crippen LogP) is 4.03. The molecule has 2 heterocycles. The van der Waals surface area contributed by atoms with E-state index in [2.05, 4.69) is 25.7 Å². The Morgan fingerprint density at radius 2 is 1.80 bits per heavy atom. The van der Waals surface area contributed by atoms with Crippen LogP contribution in [0.2, 0.25) is 5.02 Å². The maximum absolute atomic E-state index is 13.2. The first-order chi connectivity index (χ1) is 23.4. The van der Waals surface area contributed by atoms with E-state index in [-0.39, 0.29) is 49.7 Å². The van der Waals surface area contributed by atoms with Gasteiger partial charge in [0.1, 0.15) is 11.9 Å². The van der Waals surface area contributed by atoms with E-state index in [4.69, 9.17) is 26.6 Å². The number of rotatable bonds is 12. The molecule has 2 atom stereocenters. The number of alkyl halides is 3. The minimum Gasteiger partial charge on any atom is -0.484 e. The first kappa shape index (κ1) is 36.7. The summed E-state index contributed by atoms with van der Waals surface area (Å²) in [5.74, 6) is -1.51. The van der Waals surface area contributed by atoms with Crippen LogP contribution in [0.25, 0.3) is 10.4 Å². The van der Waals surface area contributed by atoms with Crippen molar-refractivity contribution in [2.75, 3.05) is 65.6 Å². The van der Waals surface area contributed by atoms with Gasteiger partial charge >= 0.3 is 12.1 Å². The maximum Gasteiger partial charge on any atom is 0.471 e. The Hall–Kier alpha value is -3.62. The van der Waals surface area contributed by atoms with Gasteiger partial charge in [0.15, 0.2) is 0 Å². The molecule has 0 spiro atoms. The predicted molar refractivity (Wildman–Crippen MR) is 172 cm³/mol. The van der Waals surface area contributed by atoms with Crippen molar-refractivity contribution < 1.29 is 35.9 Å². The van der Waals surface area contributed by atoms with Crippen LogP contribution < -0.4 is 9.46 Å². The molecule has 2 aromatic rings. The van der Waals surface area contributed by atoms with Gasteiger partial charge in [0.25, 0.3) is 0 Å². The van der Waals surface area contributed by atoms with E-state index in [0.29, 0.717) is 74.0 Å². The lowest BCUT2D eigenvalue weighted by molar-refractivity contribution is -0.187. The van der Waals surface area contributed by atoms with Gasteiger partial charge in [-0.3, -0.25) is 9.69 Å². The van der Waals surface area contributed by atoms with Crippen LogP contribution in [-0.4, -0.2) is 113 Å². The number of carbonyl (C=O) groups is 1. The molecular weight excluding hydrogens is 689 g/mol. The van der Waals surface area contributed by atoms with Gasteiger partial charge in [-0.15, -0.1) is 0 Å². The summed E-state index contributed by atoms with van der Waals surface area (Å²) in [5, 5.41) is 13.5. The van der Waals surface area contributed by atoms with Crippen LogP contribution in [0.5, 0.6) is 5.75 Å². The second-order valence-electron chi connectivity index (χ2n) is 12.0. The van der Waals surface area contributed by atoms with Crippen LogP contribution in [-0.2, 0) is 26.0 Å². The van der Waals surface area contributed by atoms with Crippen LogP contribution in [0, 0.1) is 11.3 Å². The number of piperazine rings is 1. The number of hydrogen-bond donors (Lipinski definition) is 1. The van der Waals surface area contributed by atoms with E-state index in [0.717, 1.165) is 10.5 Å². The number of nitrogens with zero attached hydrogens (tertiary/aromatic N) is 7. The molecule has 49 heavy (non-hydrogen) atoms. The Labute approximate surface area is 287 Å². The number of likely N-dealkylation sites (tertiary alicyclic amines) is 1. The molecule has 0 radical (unpaired) electrons. The fourth-order valence-corrected chi connectivity index (χ4v) is 8.04. The number of piperidine rings is 1. The number of amides is 1. The fourth-order valence-electron chi connectivity index (χ4n) is 6.51. The van der Waals surface area contributed by atoms with Crippen molar-refractivity contribution in [1.82, 2.24) is 19.4 Å². The third-order valence-electron chi connectivity index (χ3n) is 9.01. The summed E-state index contributed by atoms with van der Waals surface area (Å²) in [5.41, 5.74) is 10.1. The quantitative estimate of drug-likeness (QED) is 0.148. The monoisotopic (exact) mass is 724 g/mol. The van der Waals surface area contributed by atoms with Gasteiger partial charge in [0.05, 0.1) is 35.8 Å². The third kappa shape index (κ3) is 9.14. The highest BCUT2D eigenvalue weighted by Gasteiger charge is 2.45. The van der Waals surface area contributed by atoms with Crippen molar-refractivity contribution in [2.24, 2.45) is 5.11 Å². The van der Waals surface area contributed by atoms with Crippen molar-refractivity contribution in [3.8, 4) is 11.8 Å². The number of halogens is 4. The molecule has 5 rings (SSSR count). The Morgan fingerprint density at radius 3 is 2.43 bits per heavy atom. The molecular formula is C31H36ClF3N8O5S. The van der Waals surface area contributed by atoms with Gasteiger partial charge in [0, 0.05) is 55.2 Å². The SMILES string of the molecule is N#Cc1cc(Cl)cc2c1C[C@H](N1CCN(C(=O)C(F)(F)F)CC1)[C@H]2Oc1ccc(S(=O)(=O)NC2CCN(CCOCCN=[N+]=[N-])CC2)cc1. The molecule has 18 heteroatoms. The largest absolute Gasteiger partial charge is 0.484 e. The summed E-state index contributed by atoms with van der Waals surface area (Å²) in [6.07, 6.45) is -3.96. The zero-order valence-electron chi connectivity index (χ0n) is 26.5. The van der Waals surface area contributed by atoms with Crippen LogP contribution in [0.4, 0.5) is 13.2 Å². The molecule has 2 fully saturated rings. The Balaban J connectivity index is 1.22. The molecule has 0 saturated carbocycles. The normalized spacial score (nSPS) is 20.8. The molecule has 0 aromatic heterocycles. The molecule has 0 unspecified atom stereocenters. The van der Waals surface area contributed by atoms with Crippen LogP contribution in [0.3, 0.4) is 0 Å². The number of ether oxygens (including phenoxy) is 2. The number of fused-ring (bicyclic) bond motifs is 1. The second kappa shape index (κ2) is 15.9. The smallest absolute Gasteiger partial charge is 0.471 e. The van der Waals surface area contributed by atoms with Gasteiger partial charge in [-0.2, -0.15) is 18.4 Å². The van der Waals surface area contributed by atoms with Gasteiger partial charge < -0.3 is 19.3 Å². The van der Waals surface area contributed by atoms with E-state index < -0.39 is 28.2 Å². The lowest BCUT2D eigenvalue weighted by Gasteiger charge is -2.40. The first-order valence-electron chi connectivity index (χ1n) is 15.8. The lowest BCUT2D eigenvalue weighted by Crippen LogP contribution is -2.55. The molecule has 13 nitrogen and oxygen atoms in total. The molecule has 1 amide bonds. The van der Waals surface area contributed by atoms with E-state index in [1.165, 1.54) is 12.1 Å². The Kier molecular flexibility index (Phi) is 11.9. The van der Waals surface area contributed by atoms with E-state index in [1.54, 1.807) is 24.3 Å². The van der Waals surface area contributed by atoms with E-state index in [9.17, 15) is 31.6 Å². The van der Waals surface area contributed by atoms with Gasteiger partial charge in [-0.05, 0) is 85.4 Å². The number of azide groups is 1. The number of nitriles is 1. The van der Waals surface area contributed by atoms with Crippen molar-refractivity contribution >= 4 is 27.5 Å². The van der Waals surface area contributed by atoms with Crippen molar-refractivity contribution in [1.29, 1.82) is 5.26 Å². The number of benzene rings is 2. The average Bonchev–Trinajstić information content (AvgIpc) is 3.43. The van der Waals surface area contributed by atoms with Crippen LogP contribution >= 0.6 is 11.6 Å². The van der Waals surface area contributed by atoms with E-state index in [1.807, 2.05) is 4.90 Å². The van der Waals surface area contributed by atoms with Crippen molar-refractivity contribution in [2.45, 2.75) is 48.5 Å². The van der Waals surface area contributed by atoms with Crippen molar-refractivity contribution in [3.63, 3.8) is 0 Å². The summed E-state index contributed by atoms with van der Waals surface area (Å²) in [7, 11) is -3.83. The van der Waals surface area contributed by atoms with Gasteiger partial charge in [0.2, 0.25) is 10.0 Å². The number of carbonyl (C=O) groups excluding carboxylic acids is 1. The molecule has 3 aliphatic rings. The van der Waals surface area contributed by atoms with Gasteiger partial charge in [-0.25, -0.2) is 13.1 Å². The zero-order chi connectivity index (χ0) is 35.2. The Bertz CT molecular complexity index is 1690. The number of hydrogen-bond acceptors (Lipinski definition) is 9. The van der Waals surface area contributed by atoms with Crippen molar-refractivity contribution in [3.05, 3.63) is 68.6 Å². The molecule has 0 bridgehead atoms. The lowest BCUT2D eigenvalue weighted by atomic mass is 10.0. The summed E-state index contributed by atoms with van der Waals surface area (Å²) >= 11 is 6.34. The summed E-state index contributed by atoms with van der Waals surface area (Å²) in [6, 6.07) is 10.8. The van der Waals surface area contributed by atoms with E-state index >= 15 is 0 Å². The minimum absolute atomic E-state index is 0.0688.